The molecule has 0 atom stereocenters. The molecule has 6 rings (SSSR count). The molecule has 6 aromatic rings. The van der Waals surface area contributed by atoms with E-state index in [9.17, 15) is 26.7 Å². The van der Waals surface area contributed by atoms with Gasteiger partial charge in [-0.15, -0.1) is 22.7 Å². The molecule has 0 saturated heterocycles. The number of aryl methyl sites for hydroxylation is 1. The predicted octanol–water partition coefficient (Wildman–Crippen LogP) is 9.50. The van der Waals surface area contributed by atoms with Crippen LogP contribution in [0.2, 0.25) is 0 Å². The standard InChI is InChI=1S/C16H10F3N3S.C15H11F2N3OS/c1-8-3-5-9(6-4-8)11-7-10(16(17,18)19)12-13(20)15(21-2)23-14(12)22-11;1-7(21)13-12(18)11-9(14(16)17)5-10(20-15(11)22-13)8-3-2-4-19-6-8/h3-7H,20H2,1H3;2-6,14H,18H2,1H3. The minimum Gasteiger partial charge on any atom is -0.406 e. The summed E-state index contributed by atoms with van der Waals surface area (Å²) in [5.41, 5.74) is 13.2. The molecule has 5 aromatic heterocycles. The third-order valence-corrected chi connectivity index (χ3v) is 8.87. The normalized spacial score (nSPS) is 11.4. The second-order valence-electron chi connectivity index (χ2n) is 9.75. The topological polar surface area (TPSA) is 112 Å². The van der Waals surface area contributed by atoms with E-state index < -0.39 is 18.2 Å². The zero-order valence-electron chi connectivity index (χ0n) is 23.4. The maximum absolute atomic E-state index is 13.4. The van der Waals surface area contributed by atoms with Crippen LogP contribution in [-0.2, 0) is 6.18 Å². The Morgan fingerprint density at radius 3 is 2.13 bits per heavy atom. The smallest absolute Gasteiger partial charge is 0.406 e. The van der Waals surface area contributed by atoms with Gasteiger partial charge in [0.1, 0.15) is 9.66 Å². The average molecular weight is 653 g/mol. The van der Waals surface area contributed by atoms with Crippen molar-refractivity contribution in [2.45, 2.75) is 26.4 Å². The first-order chi connectivity index (χ1) is 21.3. The molecular weight excluding hydrogens is 632 g/mol. The van der Waals surface area contributed by atoms with Gasteiger partial charge in [-0.25, -0.2) is 23.6 Å². The lowest BCUT2D eigenvalue weighted by molar-refractivity contribution is -0.136. The molecule has 7 nitrogen and oxygen atoms in total. The summed E-state index contributed by atoms with van der Waals surface area (Å²) in [6.07, 6.45) is -4.15. The van der Waals surface area contributed by atoms with Crippen molar-refractivity contribution in [2.75, 3.05) is 11.5 Å². The summed E-state index contributed by atoms with van der Waals surface area (Å²) in [5.74, 6) is -0.261. The number of nitrogen functional groups attached to an aromatic ring is 2. The number of Topliss-reactive ketones (excluding diaryl/α,β-unsaturated/α-hetero) is 1. The molecule has 14 heteroatoms. The Bertz CT molecular complexity index is 2100. The van der Waals surface area contributed by atoms with Crippen molar-refractivity contribution in [2.24, 2.45) is 0 Å². The molecule has 0 radical (unpaired) electrons. The third kappa shape index (κ3) is 6.17. The Balaban J connectivity index is 0.000000178. The van der Waals surface area contributed by atoms with Crippen LogP contribution in [0, 0.1) is 13.5 Å². The third-order valence-electron chi connectivity index (χ3n) is 6.68. The molecule has 45 heavy (non-hydrogen) atoms. The number of thiophene rings is 2. The fourth-order valence-electron chi connectivity index (χ4n) is 4.53. The Morgan fingerprint density at radius 2 is 1.58 bits per heavy atom. The number of benzene rings is 1. The van der Waals surface area contributed by atoms with Crippen LogP contribution < -0.4 is 11.5 Å². The highest BCUT2D eigenvalue weighted by Gasteiger charge is 2.35. The molecule has 4 N–H and O–H groups in total. The number of halogens is 5. The molecule has 0 bridgehead atoms. The molecule has 5 heterocycles. The number of fused-ring (bicyclic) bond motifs is 2. The summed E-state index contributed by atoms with van der Waals surface area (Å²) in [6.45, 7) is 10.3. The molecule has 0 aliphatic carbocycles. The van der Waals surface area contributed by atoms with E-state index in [4.69, 9.17) is 18.0 Å². The van der Waals surface area contributed by atoms with Crippen LogP contribution in [0.25, 0.3) is 47.8 Å². The van der Waals surface area contributed by atoms with Crippen LogP contribution in [0.5, 0.6) is 0 Å². The maximum atomic E-state index is 13.4. The number of hydrogen-bond acceptors (Lipinski definition) is 8. The summed E-state index contributed by atoms with van der Waals surface area (Å²) in [4.78, 5) is 28.1. The summed E-state index contributed by atoms with van der Waals surface area (Å²) < 4.78 is 67.1. The van der Waals surface area contributed by atoms with E-state index in [0.717, 1.165) is 34.3 Å². The second-order valence-corrected chi connectivity index (χ2v) is 11.7. The molecule has 0 spiro atoms. The number of aromatic nitrogens is 3. The number of hydrogen-bond donors (Lipinski definition) is 2. The van der Waals surface area contributed by atoms with Crippen molar-refractivity contribution in [3.8, 4) is 22.5 Å². The van der Waals surface area contributed by atoms with E-state index in [0.29, 0.717) is 21.7 Å². The molecule has 0 fully saturated rings. The van der Waals surface area contributed by atoms with Crippen LogP contribution in [0.3, 0.4) is 0 Å². The first kappa shape index (κ1) is 31.4. The highest BCUT2D eigenvalue weighted by Crippen LogP contribution is 2.46. The number of ketones is 1. The number of nitrogens with two attached hydrogens (primary N) is 2. The molecule has 1 aromatic carbocycles. The van der Waals surface area contributed by atoms with Gasteiger partial charge in [-0.1, -0.05) is 29.8 Å². The summed E-state index contributed by atoms with van der Waals surface area (Å²) >= 11 is 1.91. The van der Waals surface area contributed by atoms with E-state index in [-0.39, 0.29) is 53.9 Å². The first-order valence-electron chi connectivity index (χ1n) is 13.0. The van der Waals surface area contributed by atoms with Crippen molar-refractivity contribution in [1.29, 1.82) is 0 Å². The van der Waals surface area contributed by atoms with E-state index in [1.807, 2.05) is 19.1 Å². The summed E-state index contributed by atoms with van der Waals surface area (Å²) in [7, 11) is 0. The number of rotatable bonds is 4. The van der Waals surface area contributed by atoms with Crippen molar-refractivity contribution in [3.63, 3.8) is 0 Å². The van der Waals surface area contributed by atoms with Crippen molar-refractivity contribution >= 4 is 65.3 Å². The number of nitrogens with zero attached hydrogens (tertiary/aromatic N) is 4. The zero-order valence-corrected chi connectivity index (χ0v) is 25.0. The SMILES string of the molecule is CC(=O)c1sc2nc(-c3cccnc3)cc(C(F)F)c2c1N.[C-]#[N+]c1sc2nc(-c3ccc(C)cc3)cc(C(F)(F)F)c2c1N. The predicted molar refractivity (Wildman–Crippen MR) is 168 cm³/mol. The minimum atomic E-state index is -4.57. The fourth-order valence-corrected chi connectivity index (χ4v) is 6.46. The van der Waals surface area contributed by atoms with E-state index >= 15 is 0 Å². The monoisotopic (exact) mass is 652 g/mol. The molecule has 0 aliphatic rings. The van der Waals surface area contributed by atoms with Gasteiger partial charge in [0.05, 0.1) is 39.8 Å². The van der Waals surface area contributed by atoms with Gasteiger partial charge in [-0.05, 0) is 31.2 Å². The van der Waals surface area contributed by atoms with Crippen LogP contribution in [0.15, 0.2) is 60.9 Å². The highest BCUT2D eigenvalue weighted by atomic mass is 32.1. The van der Waals surface area contributed by atoms with Crippen LogP contribution in [-0.4, -0.2) is 20.7 Å². The van der Waals surface area contributed by atoms with Crippen molar-refractivity contribution < 1.29 is 26.7 Å². The van der Waals surface area contributed by atoms with E-state index in [1.54, 1.807) is 36.7 Å². The average Bonchev–Trinajstić information content (AvgIpc) is 3.52. The first-order valence-corrected chi connectivity index (χ1v) is 14.6. The Hall–Kier alpha value is -5.00. The van der Waals surface area contributed by atoms with Gasteiger partial charge in [-0.2, -0.15) is 13.2 Å². The quantitative estimate of drug-likeness (QED) is 0.111. The number of carbonyl (C=O) groups excluding carboxylic acids is 1. The van der Waals surface area contributed by atoms with E-state index in [1.165, 1.54) is 13.0 Å². The number of alkyl halides is 5. The number of pyridine rings is 3. The molecule has 228 valence electrons. The summed E-state index contributed by atoms with van der Waals surface area (Å²) in [6, 6.07) is 12.8. The minimum absolute atomic E-state index is 0.0269. The van der Waals surface area contributed by atoms with Gasteiger partial charge >= 0.3 is 6.18 Å². The zero-order chi connectivity index (χ0) is 32.6. The molecule has 0 aliphatic heterocycles. The van der Waals surface area contributed by atoms with Crippen LogP contribution in [0.4, 0.5) is 38.3 Å². The van der Waals surface area contributed by atoms with Gasteiger partial charge in [0.15, 0.2) is 5.78 Å². The number of carbonyl (C=O) groups is 1. The molecule has 0 saturated carbocycles. The molecular formula is C31H21F5N6OS2. The van der Waals surface area contributed by atoms with Crippen LogP contribution >= 0.6 is 22.7 Å². The fraction of sp³-hybridized carbons (Fsp3) is 0.129. The van der Waals surface area contributed by atoms with Crippen LogP contribution in [0.1, 0.15) is 39.7 Å². The lowest BCUT2D eigenvalue weighted by Crippen LogP contribution is -2.07. The lowest BCUT2D eigenvalue weighted by atomic mass is 10.0. The molecule has 0 unspecified atom stereocenters. The molecule has 0 amide bonds. The Kier molecular flexibility index (Phi) is 8.51. The maximum Gasteiger partial charge on any atom is 0.417 e. The van der Waals surface area contributed by atoms with E-state index in [2.05, 4.69) is 19.8 Å². The summed E-state index contributed by atoms with van der Waals surface area (Å²) in [5, 5.41) is 0.00116. The van der Waals surface area contributed by atoms with Gasteiger partial charge in [0.25, 0.3) is 11.4 Å². The van der Waals surface area contributed by atoms with Gasteiger partial charge < -0.3 is 11.5 Å². The van der Waals surface area contributed by atoms with Gasteiger partial charge in [0, 0.05) is 46.8 Å². The Labute approximate surface area is 260 Å². The van der Waals surface area contributed by atoms with Gasteiger partial charge in [0.2, 0.25) is 0 Å². The second kappa shape index (κ2) is 12.2. The van der Waals surface area contributed by atoms with Crippen molar-refractivity contribution in [3.05, 3.63) is 93.9 Å². The van der Waals surface area contributed by atoms with Crippen molar-refractivity contribution in [1.82, 2.24) is 15.0 Å². The lowest BCUT2D eigenvalue weighted by Gasteiger charge is -2.11. The largest absolute Gasteiger partial charge is 0.417 e. The number of anilines is 2. The van der Waals surface area contributed by atoms with Gasteiger partial charge in [-0.3, -0.25) is 9.78 Å². The Morgan fingerprint density at radius 1 is 0.933 bits per heavy atom. The highest BCUT2D eigenvalue weighted by molar-refractivity contribution is 7.23.